The van der Waals surface area contributed by atoms with Crippen molar-refractivity contribution in [3.05, 3.63) is 53.5 Å². The van der Waals surface area contributed by atoms with Crippen LogP contribution in [0.1, 0.15) is 29.8 Å². The summed E-state index contributed by atoms with van der Waals surface area (Å²) in [5.74, 6) is 1.26. The van der Waals surface area contributed by atoms with E-state index in [4.69, 9.17) is 5.73 Å². The van der Waals surface area contributed by atoms with Crippen molar-refractivity contribution < 1.29 is 0 Å². The number of fused-ring (bicyclic) bond motifs is 1. The Hall–Kier alpha value is -2.40. The zero-order valence-corrected chi connectivity index (χ0v) is 14.1. The molecule has 24 heavy (non-hydrogen) atoms. The van der Waals surface area contributed by atoms with Crippen LogP contribution >= 0.6 is 0 Å². The molecule has 0 unspecified atom stereocenters. The Balaban J connectivity index is 1.53. The summed E-state index contributed by atoms with van der Waals surface area (Å²) in [5, 5.41) is 0.922. The van der Waals surface area contributed by atoms with E-state index in [1.807, 2.05) is 19.2 Å². The van der Waals surface area contributed by atoms with E-state index in [1.54, 1.807) is 0 Å². The molecule has 3 heterocycles. The van der Waals surface area contributed by atoms with Crippen LogP contribution in [0.15, 0.2) is 36.5 Å². The summed E-state index contributed by atoms with van der Waals surface area (Å²) >= 11 is 0. The average molecular weight is 321 g/mol. The highest BCUT2D eigenvalue weighted by Crippen LogP contribution is 2.20. The van der Waals surface area contributed by atoms with Crippen LogP contribution in [0.2, 0.25) is 0 Å². The van der Waals surface area contributed by atoms with E-state index >= 15 is 0 Å². The predicted molar refractivity (Wildman–Crippen MR) is 96.7 cm³/mol. The van der Waals surface area contributed by atoms with E-state index in [2.05, 4.69) is 43.7 Å². The van der Waals surface area contributed by atoms with Gasteiger partial charge < -0.3 is 10.3 Å². The number of hydrogen-bond donors (Lipinski definition) is 1. The van der Waals surface area contributed by atoms with Gasteiger partial charge in [-0.05, 0) is 50.0 Å². The summed E-state index contributed by atoms with van der Waals surface area (Å²) < 4.78 is 2.13. The molecule has 0 spiro atoms. The van der Waals surface area contributed by atoms with Gasteiger partial charge >= 0.3 is 0 Å². The number of hydrogen-bond acceptors (Lipinski definition) is 4. The zero-order chi connectivity index (χ0) is 16.5. The van der Waals surface area contributed by atoms with E-state index in [9.17, 15) is 0 Å². The van der Waals surface area contributed by atoms with Gasteiger partial charge in [-0.15, -0.1) is 0 Å². The molecule has 0 aliphatic carbocycles. The van der Waals surface area contributed by atoms with E-state index in [-0.39, 0.29) is 0 Å². The average Bonchev–Trinajstić information content (AvgIpc) is 3.20. The minimum absolute atomic E-state index is 0.553. The van der Waals surface area contributed by atoms with Crippen molar-refractivity contribution >= 4 is 16.9 Å². The molecule has 0 radical (unpaired) electrons. The first-order valence-corrected chi connectivity index (χ1v) is 8.58. The lowest BCUT2D eigenvalue weighted by Gasteiger charge is -2.14. The van der Waals surface area contributed by atoms with Crippen LogP contribution in [0.5, 0.6) is 0 Å². The number of nitrogens with two attached hydrogens (primary N) is 1. The summed E-state index contributed by atoms with van der Waals surface area (Å²) in [5.41, 5.74) is 9.56. The van der Waals surface area contributed by atoms with Gasteiger partial charge in [-0.1, -0.05) is 24.3 Å². The van der Waals surface area contributed by atoms with E-state index in [0.717, 1.165) is 24.1 Å². The maximum Gasteiger partial charge on any atom is 0.146 e. The molecule has 1 aliphatic rings. The molecule has 1 aliphatic heterocycles. The third-order valence-electron chi connectivity index (χ3n) is 4.74. The summed E-state index contributed by atoms with van der Waals surface area (Å²) in [4.78, 5) is 11.3. The number of rotatable bonds is 4. The van der Waals surface area contributed by atoms with Gasteiger partial charge in [0.05, 0.1) is 5.39 Å². The molecule has 2 N–H and O–H groups in total. The first-order valence-electron chi connectivity index (χ1n) is 8.58. The Kier molecular flexibility index (Phi) is 3.94. The van der Waals surface area contributed by atoms with Crippen molar-refractivity contribution in [1.29, 1.82) is 0 Å². The highest BCUT2D eigenvalue weighted by Gasteiger charge is 2.12. The van der Waals surface area contributed by atoms with Gasteiger partial charge in [0.2, 0.25) is 0 Å². The van der Waals surface area contributed by atoms with Gasteiger partial charge in [0.25, 0.3) is 0 Å². The van der Waals surface area contributed by atoms with Gasteiger partial charge in [-0.25, -0.2) is 9.97 Å². The smallest absolute Gasteiger partial charge is 0.146 e. The maximum atomic E-state index is 5.99. The van der Waals surface area contributed by atoms with Gasteiger partial charge in [0, 0.05) is 19.3 Å². The third-order valence-corrected chi connectivity index (χ3v) is 4.74. The van der Waals surface area contributed by atoms with Crippen molar-refractivity contribution in [2.75, 3.05) is 18.8 Å². The van der Waals surface area contributed by atoms with Crippen molar-refractivity contribution in [3.8, 4) is 0 Å². The van der Waals surface area contributed by atoms with Crippen LogP contribution in [-0.4, -0.2) is 32.5 Å². The number of aryl methyl sites for hydroxylation is 1. The molecule has 0 saturated carbocycles. The monoisotopic (exact) mass is 321 g/mol. The van der Waals surface area contributed by atoms with Crippen LogP contribution in [0.3, 0.4) is 0 Å². The highest BCUT2D eigenvalue weighted by molar-refractivity contribution is 5.86. The van der Waals surface area contributed by atoms with Crippen LogP contribution in [0.4, 0.5) is 5.82 Å². The molecule has 3 aromatic rings. The van der Waals surface area contributed by atoms with Crippen LogP contribution < -0.4 is 5.73 Å². The molecule has 5 nitrogen and oxygen atoms in total. The number of aromatic nitrogens is 3. The van der Waals surface area contributed by atoms with E-state index in [1.165, 1.54) is 37.1 Å². The van der Waals surface area contributed by atoms with Gasteiger partial charge in [0.1, 0.15) is 17.3 Å². The maximum absolute atomic E-state index is 5.99. The Labute approximate surface area is 142 Å². The molecule has 2 aromatic heterocycles. The quantitative estimate of drug-likeness (QED) is 0.802. The standard InChI is InChI=1S/C19H23N5/c1-14-21-18(20)17-8-11-24(19(17)22-14)13-16-6-4-15(5-7-16)12-23-9-2-3-10-23/h4-8,11H,2-3,9-10,12-13H2,1H3,(H2,20,21,22). The number of anilines is 1. The van der Waals surface area contributed by atoms with Crippen molar-refractivity contribution in [1.82, 2.24) is 19.4 Å². The molecule has 5 heteroatoms. The molecule has 1 aromatic carbocycles. The molecule has 1 saturated heterocycles. The first kappa shape index (κ1) is 15.1. The number of nitrogens with zero attached hydrogens (tertiary/aromatic N) is 4. The Bertz CT molecular complexity index is 844. The minimum atomic E-state index is 0.553. The second-order valence-electron chi connectivity index (χ2n) is 6.64. The Morgan fingerprint density at radius 1 is 0.958 bits per heavy atom. The fourth-order valence-corrected chi connectivity index (χ4v) is 3.47. The Morgan fingerprint density at radius 3 is 2.33 bits per heavy atom. The summed E-state index contributed by atoms with van der Waals surface area (Å²) in [6.45, 7) is 6.20. The van der Waals surface area contributed by atoms with E-state index < -0.39 is 0 Å². The third kappa shape index (κ3) is 2.99. The lowest BCUT2D eigenvalue weighted by Crippen LogP contribution is -2.18. The minimum Gasteiger partial charge on any atom is -0.383 e. The number of benzene rings is 1. The summed E-state index contributed by atoms with van der Waals surface area (Å²) in [6.07, 6.45) is 4.71. The fraction of sp³-hybridized carbons (Fsp3) is 0.368. The van der Waals surface area contributed by atoms with Gasteiger partial charge in [-0.3, -0.25) is 4.90 Å². The SMILES string of the molecule is Cc1nc(N)c2ccn(Cc3ccc(CN4CCCC4)cc3)c2n1. The van der Waals surface area contributed by atoms with Crippen molar-refractivity contribution in [2.45, 2.75) is 32.9 Å². The highest BCUT2D eigenvalue weighted by atomic mass is 15.1. The molecule has 124 valence electrons. The van der Waals surface area contributed by atoms with Crippen LogP contribution in [0, 0.1) is 6.92 Å². The fourth-order valence-electron chi connectivity index (χ4n) is 3.47. The molecule has 0 atom stereocenters. The molecular weight excluding hydrogens is 298 g/mol. The second-order valence-corrected chi connectivity index (χ2v) is 6.64. The summed E-state index contributed by atoms with van der Waals surface area (Å²) in [7, 11) is 0. The lowest BCUT2D eigenvalue weighted by molar-refractivity contribution is 0.331. The molecule has 0 bridgehead atoms. The number of nitrogen functional groups attached to an aromatic ring is 1. The van der Waals surface area contributed by atoms with Crippen LogP contribution in [-0.2, 0) is 13.1 Å². The van der Waals surface area contributed by atoms with Crippen molar-refractivity contribution in [3.63, 3.8) is 0 Å². The summed E-state index contributed by atoms with van der Waals surface area (Å²) in [6, 6.07) is 10.9. The van der Waals surface area contributed by atoms with Crippen LogP contribution in [0.25, 0.3) is 11.0 Å². The van der Waals surface area contributed by atoms with Crippen molar-refractivity contribution in [2.24, 2.45) is 0 Å². The van der Waals surface area contributed by atoms with Gasteiger partial charge in [0.15, 0.2) is 0 Å². The largest absolute Gasteiger partial charge is 0.383 e. The first-order chi connectivity index (χ1) is 11.7. The molecule has 1 fully saturated rings. The topological polar surface area (TPSA) is 60.0 Å². The van der Waals surface area contributed by atoms with E-state index in [0.29, 0.717) is 11.6 Å². The molecule has 4 rings (SSSR count). The lowest BCUT2D eigenvalue weighted by atomic mass is 10.1. The number of likely N-dealkylation sites (tertiary alicyclic amines) is 1. The normalized spacial score (nSPS) is 15.4. The molecular formula is C19H23N5. The zero-order valence-electron chi connectivity index (χ0n) is 14.1. The predicted octanol–water partition coefficient (Wildman–Crippen LogP) is 2.97. The molecule has 0 amide bonds. The Morgan fingerprint density at radius 2 is 1.62 bits per heavy atom. The van der Waals surface area contributed by atoms with Gasteiger partial charge in [-0.2, -0.15) is 0 Å². The second kappa shape index (κ2) is 6.24.